The summed E-state index contributed by atoms with van der Waals surface area (Å²) in [6, 6.07) is 15.0. The van der Waals surface area contributed by atoms with Crippen molar-refractivity contribution >= 4 is 28.3 Å². The Balaban J connectivity index is 2.09. The van der Waals surface area contributed by atoms with Crippen molar-refractivity contribution in [1.82, 2.24) is 4.98 Å². The highest BCUT2D eigenvalue weighted by Gasteiger charge is 2.13. The van der Waals surface area contributed by atoms with E-state index in [9.17, 15) is 4.79 Å². The lowest BCUT2D eigenvalue weighted by Gasteiger charge is -2.02. The molecule has 2 nitrogen and oxygen atoms in total. The molecule has 0 saturated carbocycles. The van der Waals surface area contributed by atoms with Crippen molar-refractivity contribution in [3.8, 4) is 0 Å². The summed E-state index contributed by atoms with van der Waals surface area (Å²) in [6.07, 6.45) is 0. The summed E-state index contributed by atoms with van der Waals surface area (Å²) in [7, 11) is 0. The van der Waals surface area contributed by atoms with Gasteiger partial charge in [-0.25, -0.2) is 0 Å². The summed E-state index contributed by atoms with van der Waals surface area (Å²) in [4.78, 5) is 15.6. The first-order valence-electron chi connectivity index (χ1n) is 6.04. The molecule has 0 radical (unpaired) electrons. The number of rotatable bonds is 2. The summed E-state index contributed by atoms with van der Waals surface area (Å²) in [6.45, 7) is 1.94. The molecule has 0 bridgehead atoms. The van der Waals surface area contributed by atoms with Crippen LogP contribution in [0, 0.1) is 6.92 Å². The third-order valence-electron chi connectivity index (χ3n) is 3.22. The van der Waals surface area contributed by atoms with Crippen molar-refractivity contribution < 1.29 is 4.79 Å². The zero-order valence-electron chi connectivity index (χ0n) is 10.4. The van der Waals surface area contributed by atoms with Crippen LogP contribution in [-0.2, 0) is 0 Å². The zero-order chi connectivity index (χ0) is 13.4. The van der Waals surface area contributed by atoms with Crippen LogP contribution < -0.4 is 0 Å². The molecule has 0 amide bonds. The number of hydrogen-bond donors (Lipinski definition) is 1. The number of aryl methyl sites for hydroxylation is 1. The second-order valence-corrected chi connectivity index (χ2v) is 5.00. The fraction of sp³-hybridized carbons (Fsp3) is 0.0625. The molecule has 94 valence electrons. The van der Waals surface area contributed by atoms with E-state index >= 15 is 0 Å². The van der Waals surface area contributed by atoms with Crippen LogP contribution >= 0.6 is 11.6 Å². The minimum atomic E-state index is 0.00502. The molecule has 3 aromatic rings. The molecular formula is C16H12ClNO. The normalized spacial score (nSPS) is 10.8. The molecule has 0 aliphatic rings. The highest BCUT2D eigenvalue weighted by molar-refractivity contribution is 6.31. The van der Waals surface area contributed by atoms with Crippen molar-refractivity contribution in [2.75, 3.05) is 0 Å². The molecule has 3 rings (SSSR count). The Labute approximate surface area is 116 Å². The van der Waals surface area contributed by atoms with Gasteiger partial charge in [-0.15, -0.1) is 0 Å². The number of fused-ring (bicyclic) bond motifs is 1. The van der Waals surface area contributed by atoms with E-state index in [1.165, 1.54) is 0 Å². The lowest BCUT2D eigenvalue weighted by Crippen LogP contribution is -2.03. The molecule has 2 aromatic carbocycles. The predicted octanol–water partition coefficient (Wildman–Crippen LogP) is 4.36. The number of aromatic amines is 1. The van der Waals surface area contributed by atoms with E-state index in [0.29, 0.717) is 10.7 Å². The molecule has 1 heterocycles. The highest BCUT2D eigenvalue weighted by Crippen LogP contribution is 2.22. The van der Waals surface area contributed by atoms with Crippen molar-refractivity contribution in [2.24, 2.45) is 0 Å². The average molecular weight is 270 g/mol. The van der Waals surface area contributed by atoms with Crippen LogP contribution in [0.2, 0.25) is 5.02 Å². The van der Waals surface area contributed by atoms with Crippen LogP contribution in [0.4, 0.5) is 0 Å². The lowest BCUT2D eigenvalue weighted by molar-refractivity contribution is 0.103. The third-order valence-corrected chi connectivity index (χ3v) is 3.45. The number of halogens is 1. The average Bonchev–Trinajstić information content (AvgIpc) is 2.81. The molecule has 0 unspecified atom stereocenters. The maximum Gasteiger partial charge on any atom is 0.209 e. The smallest absolute Gasteiger partial charge is 0.209 e. The minimum absolute atomic E-state index is 0.00502. The second kappa shape index (κ2) is 4.56. The van der Waals surface area contributed by atoms with Gasteiger partial charge in [0.25, 0.3) is 0 Å². The molecule has 0 aliphatic carbocycles. The van der Waals surface area contributed by atoms with Gasteiger partial charge in [-0.2, -0.15) is 0 Å². The summed E-state index contributed by atoms with van der Waals surface area (Å²) < 4.78 is 0. The Bertz CT molecular complexity index is 773. The van der Waals surface area contributed by atoms with Crippen LogP contribution in [0.5, 0.6) is 0 Å². The summed E-state index contributed by atoms with van der Waals surface area (Å²) >= 11 is 5.94. The maximum absolute atomic E-state index is 12.5. The first-order valence-corrected chi connectivity index (χ1v) is 6.41. The van der Waals surface area contributed by atoms with E-state index in [-0.39, 0.29) is 5.78 Å². The fourth-order valence-electron chi connectivity index (χ4n) is 2.19. The predicted molar refractivity (Wildman–Crippen MR) is 77.9 cm³/mol. The Morgan fingerprint density at radius 2 is 1.89 bits per heavy atom. The number of hydrogen-bond acceptors (Lipinski definition) is 1. The van der Waals surface area contributed by atoms with Gasteiger partial charge in [0.05, 0.1) is 5.69 Å². The highest BCUT2D eigenvalue weighted by atomic mass is 35.5. The number of nitrogens with one attached hydrogen (secondary N) is 1. The molecule has 0 saturated heterocycles. The van der Waals surface area contributed by atoms with Crippen LogP contribution in [0.1, 0.15) is 21.6 Å². The van der Waals surface area contributed by atoms with Crippen molar-refractivity contribution in [3.05, 3.63) is 70.4 Å². The van der Waals surface area contributed by atoms with Gasteiger partial charge >= 0.3 is 0 Å². The van der Waals surface area contributed by atoms with E-state index in [1.54, 1.807) is 0 Å². The van der Waals surface area contributed by atoms with Gasteiger partial charge in [0.15, 0.2) is 0 Å². The molecule has 19 heavy (non-hydrogen) atoms. The first kappa shape index (κ1) is 12.0. The Kier molecular flexibility index (Phi) is 2.88. The zero-order valence-corrected chi connectivity index (χ0v) is 11.2. The number of benzene rings is 2. The Morgan fingerprint density at radius 1 is 1.11 bits per heavy atom. The monoisotopic (exact) mass is 269 g/mol. The Morgan fingerprint density at radius 3 is 2.68 bits per heavy atom. The van der Waals surface area contributed by atoms with Crippen LogP contribution in [0.15, 0.2) is 48.5 Å². The molecule has 3 heteroatoms. The molecule has 0 aliphatic heterocycles. The third kappa shape index (κ3) is 2.15. The van der Waals surface area contributed by atoms with E-state index in [4.69, 9.17) is 11.6 Å². The van der Waals surface area contributed by atoms with Gasteiger partial charge in [-0.3, -0.25) is 4.79 Å². The lowest BCUT2D eigenvalue weighted by atomic mass is 10.0. The summed E-state index contributed by atoms with van der Waals surface area (Å²) in [5.74, 6) is 0.00502. The van der Waals surface area contributed by atoms with Gasteiger partial charge in [0.1, 0.15) is 0 Å². The van der Waals surface area contributed by atoms with Crippen LogP contribution in [0.25, 0.3) is 10.9 Å². The molecule has 0 fully saturated rings. The fourth-order valence-corrected chi connectivity index (χ4v) is 2.37. The van der Waals surface area contributed by atoms with Gasteiger partial charge in [0.2, 0.25) is 5.78 Å². The van der Waals surface area contributed by atoms with E-state index in [2.05, 4.69) is 4.98 Å². The van der Waals surface area contributed by atoms with E-state index in [0.717, 1.165) is 22.0 Å². The van der Waals surface area contributed by atoms with Crippen molar-refractivity contribution in [1.29, 1.82) is 0 Å². The van der Waals surface area contributed by atoms with Crippen LogP contribution in [0.3, 0.4) is 0 Å². The molecular weight excluding hydrogens is 258 g/mol. The van der Waals surface area contributed by atoms with Gasteiger partial charge in [-0.05, 0) is 30.7 Å². The molecule has 1 N–H and O–H groups in total. The number of ketones is 1. The topological polar surface area (TPSA) is 32.9 Å². The number of aromatic nitrogens is 1. The Hall–Kier alpha value is -2.06. The molecule has 0 spiro atoms. The summed E-state index contributed by atoms with van der Waals surface area (Å²) in [5.41, 5.74) is 3.17. The quantitative estimate of drug-likeness (QED) is 0.689. The van der Waals surface area contributed by atoms with Gasteiger partial charge in [-0.1, -0.05) is 41.9 Å². The number of carbonyl (C=O) groups is 1. The summed E-state index contributed by atoms with van der Waals surface area (Å²) in [5, 5.41) is 1.64. The van der Waals surface area contributed by atoms with Gasteiger partial charge in [0, 0.05) is 21.5 Å². The van der Waals surface area contributed by atoms with E-state index in [1.807, 2.05) is 55.5 Å². The number of H-pyrrole nitrogens is 1. The van der Waals surface area contributed by atoms with Crippen molar-refractivity contribution in [3.63, 3.8) is 0 Å². The molecule has 1 aromatic heterocycles. The minimum Gasteiger partial charge on any atom is -0.352 e. The van der Waals surface area contributed by atoms with Gasteiger partial charge < -0.3 is 4.98 Å². The molecule has 0 atom stereocenters. The standard InChI is InChI=1S/C16H12ClNO/c1-10-4-2-3-5-13(10)16(19)15-8-11-6-7-12(17)9-14(11)18-15/h2-9,18H,1H3. The largest absolute Gasteiger partial charge is 0.352 e. The second-order valence-electron chi connectivity index (χ2n) is 4.56. The van der Waals surface area contributed by atoms with E-state index < -0.39 is 0 Å². The number of carbonyl (C=O) groups excluding carboxylic acids is 1. The van der Waals surface area contributed by atoms with Crippen LogP contribution in [-0.4, -0.2) is 10.8 Å². The SMILES string of the molecule is Cc1ccccc1C(=O)c1cc2ccc(Cl)cc2[nH]1. The van der Waals surface area contributed by atoms with Crippen molar-refractivity contribution in [2.45, 2.75) is 6.92 Å². The maximum atomic E-state index is 12.5. The first-order chi connectivity index (χ1) is 9.15.